The van der Waals surface area contributed by atoms with Crippen molar-refractivity contribution in [1.82, 2.24) is 15.5 Å². The number of piperidine rings is 1. The molecule has 0 radical (unpaired) electrons. The molecule has 1 heterocycles. The van der Waals surface area contributed by atoms with Crippen molar-refractivity contribution in [2.75, 3.05) is 26.2 Å². The number of nitrogens with zero attached hydrogens (tertiary/aromatic N) is 1. The summed E-state index contributed by atoms with van der Waals surface area (Å²) in [7, 11) is 0. The van der Waals surface area contributed by atoms with E-state index >= 15 is 0 Å². The van der Waals surface area contributed by atoms with Gasteiger partial charge in [-0.15, -0.1) is 0 Å². The molecule has 3 amide bonds. The fourth-order valence-corrected chi connectivity index (χ4v) is 3.12. The molecule has 0 saturated carbocycles. The number of carbonyl (C=O) groups excluding carboxylic acids is 2. The molecule has 0 aromatic heterocycles. The lowest BCUT2D eigenvalue weighted by atomic mass is 9.92. The smallest absolute Gasteiger partial charge is 0.317 e. The first-order valence-electron chi connectivity index (χ1n) is 8.44. The number of urea groups is 1. The van der Waals surface area contributed by atoms with Gasteiger partial charge in [0, 0.05) is 31.7 Å². The first-order valence-corrected chi connectivity index (χ1v) is 8.44. The number of likely N-dealkylation sites (tertiary alicyclic amines) is 1. The zero-order valence-electron chi connectivity index (χ0n) is 14.6. The number of benzene rings is 1. The van der Waals surface area contributed by atoms with Crippen LogP contribution in [0.2, 0.25) is 0 Å². The molecule has 6 heteroatoms. The van der Waals surface area contributed by atoms with E-state index in [1.807, 2.05) is 4.90 Å². The van der Waals surface area contributed by atoms with Crippen LogP contribution in [0.4, 0.5) is 9.18 Å². The van der Waals surface area contributed by atoms with Gasteiger partial charge in [-0.2, -0.15) is 0 Å². The third kappa shape index (κ3) is 4.94. The van der Waals surface area contributed by atoms with Crippen LogP contribution in [0.3, 0.4) is 0 Å². The van der Waals surface area contributed by atoms with Crippen LogP contribution in [-0.4, -0.2) is 43.0 Å². The van der Waals surface area contributed by atoms with Gasteiger partial charge in [0.2, 0.25) is 0 Å². The minimum absolute atomic E-state index is 0.0935. The van der Waals surface area contributed by atoms with Crippen molar-refractivity contribution in [2.45, 2.75) is 27.2 Å². The molecular formula is C18H26FN3O2. The van der Waals surface area contributed by atoms with Gasteiger partial charge in [0.1, 0.15) is 5.82 Å². The van der Waals surface area contributed by atoms with Crippen LogP contribution >= 0.6 is 0 Å². The average Bonchev–Trinajstić information content (AvgIpc) is 2.52. The van der Waals surface area contributed by atoms with E-state index < -0.39 is 5.82 Å². The Balaban J connectivity index is 1.73. The molecule has 0 aliphatic carbocycles. The van der Waals surface area contributed by atoms with Crippen molar-refractivity contribution in [2.24, 2.45) is 11.8 Å². The van der Waals surface area contributed by atoms with E-state index in [4.69, 9.17) is 0 Å². The Hall–Kier alpha value is -2.11. The van der Waals surface area contributed by atoms with E-state index in [0.29, 0.717) is 30.5 Å². The number of rotatable bonds is 4. The lowest BCUT2D eigenvalue weighted by molar-refractivity contribution is 0.0952. The van der Waals surface area contributed by atoms with Crippen LogP contribution < -0.4 is 10.6 Å². The number of hydrogen-bond donors (Lipinski definition) is 2. The summed E-state index contributed by atoms with van der Waals surface area (Å²) in [6, 6.07) is 4.29. The summed E-state index contributed by atoms with van der Waals surface area (Å²) in [6.07, 6.45) is 1.15. The highest BCUT2D eigenvalue weighted by Gasteiger charge is 2.24. The predicted octanol–water partition coefficient (Wildman–Crippen LogP) is 2.55. The zero-order chi connectivity index (χ0) is 17.7. The van der Waals surface area contributed by atoms with Crippen molar-refractivity contribution >= 4 is 11.9 Å². The third-order valence-corrected chi connectivity index (χ3v) is 4.28. The molecule has 2 atom stereocenters. The third-order valence-electron chi connectivity index (χ3n) is 4.28. The highest BCUT2D eigenvalue weighted by Crippen LogP contribution is 2.20. The lowest BCUT2D eigenvalue weighted by Crippen LogP contribution is -2.48. The normalized spacial score (nSPS) is 20.6. The van der Waals surface area contributed by atoms with Crippen molar-refractivity contribution in [3.63, 3.8) is 0 Å². The number of hydrogen-bond acceptors (Lipinski definition) is 2. The second-order valence-electron chi connectivity index (χ2n) is 6.80. The summed E-state index contributed by atoms with van der Waals surface area (Å²) < 4.78 is 13.5. The first kappa shape index (κ1) is 18.2. The van der Waals surface area contributed by atoms with Gasteiger partial charge in [0.15, 0.2) is 0 Å². The van der Waals surface area contributed by atoms with Crippen LogP contribution in [0.25, 0.3) is 0 Å². The van der Waals surface area contributed by atoms with Gasteiger partial charge in [0.05, 0.1) is 0 Å². The summed E-state index contributed by atoms with van der Waals surface area (Å²) in [4.78, 5) is 25.9. The van der Waals surface area contributed by atoms with E-state index in [2.05, 4.69) is 24.5 Å². The maximum atomic E-state index is 13.5. The molecule has 0 bridgehead atoms. The molecule has 5 nitrogen and oxygen atoms in total. The highest BCUT2D eigenvalue weighted by atomic mass is 19.1. The predicted molar refractivity (Wildman–Crippen MR) is 91.4 cm³/mol. The fraction of sp³-hybridized carbons (Fsp3) is 0.556. The van der Waals surface area contributed by atoms with E-state index in [1.54, 1.807) is 19.1 Å². The second-order valence-corrected chi connectivity index (χ2v) is 6.80. The number of carbonyl (C=O) groups is 2. The molecule has 1 aliphatic heterocycles. The minimum Gasteiger partial charge on any atom is -0.350 e. The quantitative estimate of drug-likeness (QED) is 0.831. The summed E-state index contributed by atoms with van der Waals surface area (Å²) in [6.45, 7) is 8.14. The maximum absolute atomic E-state index is 13.5. The van der Waals surface area contributed by atoms with Crippen molar-refractivity contribution in [1.29, 1.82) is 0 Å². The summed E-state index contributed by atoms with van der Waals surface area (Å²) in [5.74, 6) is 0.277. The average molecular weight is 335 g/mol. The summed E-state index contributed by atoms with van der Waals surface area (Å²) in [5.41, 5.74) is 0.784. The first-order chi connectivity index (χ1) is 11.4. The highest BCUT2D eigenvalue weighted by molar-refractivity contribution is 5.94. The van der Waals surface area contributed by atoms with Crippen molar-refractivity contribution in [3.8, 4) is 0 Å². The Morgan fingerprint density at radius 2 is 1.79 bits per heavy atom. The van der Waals surface area contributed by atoms with Gasteiger partial charge in [-0.3, -0.25) is 4.79 Å². The molecule has 1 aromatic carbocycles. The van der Waals surface area contributed by atoms with Crippen LogP contribution in [0.1, 0.15) is 36.2 Å². The fourth-order valence-electron chi connectivity index (χ4n) is 3.12. The van der Waals surface area contributed by atoms with Crippen LogP contribution in [0.5, 0.6) is 0 Å². The van der Waals surface area contributed by atoms with Crippen LogP contribution in [0.15, 0.2) is 18.2 Å². The topological polar surface area (TPSA) is 61.4 Å². The van der Waals surface area contributed by atoms with E-state index in [-0.39, 0.29) is 17.5 Å². The van der Waals surface area contributed by atoms with Crippen LogP contribution in [-0.2, 0) is 0 Å². The molecule has 132 valence electrons. The Kier molecular flexibility index (Phi) is 6.17. The largest absolute Gasteiger partial charge is 0.350 e. The Morgan fingerprint density at radius 3 is 2.42 bits per heavy atom. The molecular weight excluding hydrogens is 309 g/mol. The molecule has 1 saturated heterocycles. The number of nitrogens with one attached hydrogen (secondary N) is 2. The minimum atomic E-state index is -0.399. The standard InChI is InChI=1S/C18H26FN3O2/c1-12-8-13(2)11-22(10-12)18(24)21-7-6-20-17(23)15-5-4-14(3)16(19)9-15/h4-5,9,12-13H,6-8,10-11H2,1-3H3,(H,20,23)(H,21,24). The molecule has 1 aliphatic rings. The van der Waals surface area contributed by atoms with Crippen molar-refractivity contribution < 1.29 is 14.0 Å². The number of halogens is 1. The van der Waals surface area contributed by atoms with Gasteiger partial charge in [-0.05, 0) is 42.9 Å². The van der Waals surface area contributed by atoms with Gasteiger partial charge < -0.3 is 15.5 Å². The summed E-state index contributed by atoms with van der Waals surface area (Å²) in [5, 5.41) is 5.50. The zero-order valence-corrected chi connectivity index (χ0v) is 14.6. The molecule has 1 fully saturated rings. The van der Waals surface area contributed by atoms with Gasteiger partial charge in [-0.1, -0.05) is 19.9 Å². The molecule has 2 N–H and O–H groups in total. The lowest BCUT2D eigenvalue weighted by Gasteiger charge is -2.34. The van der Waals surface area contributed by atoms with Crippen LogP contribution in [0, 0.1) is 24.6 Å². The van der Waals surface area contributed by atoms with E-state index in [1.165, 1.54) is 6.07 Å². The summed E-state index contributed by atoms with van der Waals surface area (Å²) >= 11 is 0. The Bertz CT molecular complexity index is 596. The van der Waals surface area contributed by atoms with Gasteiger partial charge in [-0.25, -0.2) is 9.18 Å². The van der Waals surface area contributed by atoms with E-state index in [9.17, 15) is 14.0 Å². The number of aryl methyl sites for hydroxylation is 1. The molecule has 0 spiro atoms. The Morgan fingerprint density at radius 1 is 1.17 bits per heavy atom. The molecule has 2 unspecified atom stereocenters. The molecule has 24 heavy (non-hydrogen) atoms. The SMILES string of the molecule is Cc1ccc(C(=O)NCCNC(=O)N2CC(C)CC(C)C2)cc1F. The Labute approximate surface area is 142 Å². The molecule has 2 rings (SSSR count). The monoisotopic (exact) mass is 335 g/mol. The molecule has 1 aromatic rings. The number of amides is 3. The second kappa shape index (κ2) is 8.13. The van der Waals surface area contributed by atoms with Gasteiger partial charge >= 0.3 is 6.03 Å². The van der Waals surface area contributed by atoms with E-state index in [0.717, 1.165) is 19.5 Å². The van der Waals surface area contributed by atoms with Crippen molar-refractivity contribution in [3.05, 3.63) is 35.1 Å². The maximum Gasteiger partial charge on any atom is 0.317 e. The van der Waals surface area contributed by atoms with Gasteiger partial charge in [0.25, 0.3) is 5.91 Å².